The number of para-hydroxylation sites is 1. The van der Waals surface area contributed by atoms with Crippen LogP contribution in [0, 0.1) is 0 Å². The van der Waals surface area contributed by atoms with Crippen molar-refractivity contribution in [2.45, 2.75) is 102 Å². The number of primary amides is 1. The molecule has 2 heterocycles. The number of aliphatic hydroxyl groups is 2. The first-order valence-corrected chi connectivity index (χ1v) is 21.2. The number of amides is 1. The number of hydrogen-bond acceptors (Lipinski definition) is 11. The number of nitrogens with zero attached hydrogens (tertiary/aromatic N) is 3. The molecule has 0 saturated carbocycles. The molecule has 56 heavy (non-hydrogen) atoms. The van der Waals surface area contributed by atoms with Gasteiger partial charge in [0.25, 0.3) is 5.91 Å². The van der Waals surface area contributed by atoms with Crippen molar-refractivity contribution < 1.29 is 42.9 Å². The lowest BCUT2D eigenvalue weighted by molar-refractivity contribution is -0.119. The molecule has 1 saturated heterocycles. The molecule has 306 valence electrons. The zero-order valence-corrected chi connectivity index (χ0v) is 33.3. The summed E-state index contributed by atoms with van der Waals surface area (Å²) in [5, 5.41) is 25.0. The maximum atomic E-state index is 13.8. The Morgan fingerprint density at radius 2 is 1.43 bits per heavy atom. The lowest BCUT2D eigenvalue weighted by Gasteiger charge is -2.22. The minimum atomic E-state index is -3.77. The molecule has 2 aromatic rings. The molecule has 2 unspecified atom stereocenters. The predicted octanol–water partition coefficient (Wildman–Crippen LogP) is 7.52. The Hall–Kier alpha value is -4.23. The van der Waals surface area contributed by atoms with Crippen LogP contribution < -0.4 is 10.3 Å². The van der Waals surface area contributed by atoms with Crippen LogP contribution in [0.2, 0.25) is 0 Å². The molecule has 0 radical (unpaired) electrons. The molecule has 0 spiro atoms. The summed E-state index contributed by atoms with van der Waals surface area (Å²) in [6.45, 7) is 2.44. The average Bonchev–Trinajstić information content (AvgIpc) is 3.79. The van der Waals surface area contributed by atoms with E-state index in [1.165, 1.54) is 0 Å². The molecular formula is C42H59N4O9P. The molecule has 0 aliphatic carbocycles. The number of aromatic nitrogens is 3. The quantitative estimate of drug-likeness (QED) is 0.0420. The number of aliphatic hydroxyl groups excluding tert-OH is 2. The Bertz CT molecular complexity index is 1650. The molecule has 4 N–H and O–H groups in total. The molecule has 1 aromatic heterocycles. The van der Waals surface area contributed by atoms with E-state index in [4.69, 9.17) is 24.3 Å². The van der Waals surface area contributed by atoms with Gasteiger partial charge in [-0.15, -0.1) is 5.10 Å². The van der Waals surface area contributed by atoms with E-state index >= 15 is 0 Å². The maximum Gasteiger partial charge on any atom is 0.379 e. The summed E-state index contributed by atoms with van der Waals surface area (Å²) < 4.78 is 37.8. The standard InChI is InChI=1S/C42H59N4O9P/c1-2-3-4-5-6-7-8-9-10-11-12-13-14-15-16-17-18-19-21-26-35(47)27-24-30-52-31-25-32-56(51,55-36-28-22-20-23-29-36)53-33-37-38(48)39(49)42(54-37)46-34-44-41(45-46)40(43)50/h3-4,6-7,9-10,12-13,15-16,18-20,22-23,28-29,34,37-39,42,48-49H,2,5,8,11,14,17,21,24-27,30-33H2,1H3,(H2,43,50)/b4-3-,7-6-,10-9-,13-12-,16-15-,19-18-/t37?,38-,39-,42-,56?/m1/s1. The lowest BCUT2D eigenvalue weighted by Crippen LogP contribution is -2.34. The number of ketones is 1. The zero-order chi connectivity index (χ0) is 40.3. The maximum absolute atomic E-state index is 13.8. The zero-order valence-electron chi connectivity index (χ0n) is 32.4. The third-order valence-electron chi connectivity index (χ3n) is 8.40. The van der Waals surface area contributed by atoms with Crippen molar-refractivity contribution in [2.75, 3.05) is 26.0 Å². The van der Waals surface area contributed by atoms with E-state index in [9.17, 15) is 24.4 Å². The second-order valence-corrected chi connectivity index (χ2v) is 15.2. The van der Waals surface area contributed by atoms with Crippen molar-refractivity contribution in [2.24, 2.45) is 5.73 Å². The van der Waals surface area contributed by atoms with Gasteiger partial charge in [0.1, 0.15) is 36.2 Å². The van der Waals surface area contributed by atoms with Crippen molar-refractivity contribution in [3.05, 3.63) is 115 Å². The first-order chi connectivity index (χ1) is 27.2. The van der Waals surface area contributed by atoms with Crippen LogP contribution >= 0.6 is 7.60 Å². The van der Waals surface area contributed by atoms with Crippen molar-refractivity contribution in [1.29, 1.82) is 0 Å². The largest absolute Gasteiger partial charge is 0.424 e. The third-order valence-corrected chi connectivity index (χ3v) is 10.3. The van der Waals surface area contributed by atoms with Gasteiger partial charge in [0.05, 0.1) is 12.8 Å². The van der Waals surface area contributed by atoms with Crippen LogP contribution in [0.15, 0.2) is 110 Å². The first kappa shape index (κ1) is 46.2. The van der Waals surface area contributed by atoms with Gasteiger partial charge >= 0.3 is 7.60 Å². The average molecular weight is 795 g/mol. The van der Waals surface area contributed by atoms with Gasteiger partial charge in [0.15, 0.2) is 6.23 Å². The molecule has 5 atom stereocenters. The number of carbonyl (C=O) groups is 2. The molecule has 3 rings (SSSR count). The molecule has 14 heteroatoms. The summed E-state index contributed by atoms with van der Waals surface area (Å²) in [6.07, 6.45) is 30.2. The highest BCUT2D eigenvalue weighted by atomic mass is 31.2. The van der Waals surface area contributed by atoms with Gasteiger partial charge in [-0.3, -0.25) is 14.1 Å². The second kappa shape index (κ2) is 27.4. The highest BCUT2D eigenvalue weighted by molar-refractivity contribution is 7.54. The third kappa shape index (κ3) is 18.6. The Morgan fingerprint density at radius 3 is 2.02 bits per heavy atom. The van der Waals surface area contributed by atoms with Crippen molar-refractivity contribution in [1.82, 2.24) is 14.8 Å². The van der Waals surface area contributed by atoms with Gasteiger partial charge in [0, 0.05) is 26.1 Å². The van der Waals surface area contributed by atoms with E-state index in [1.54, 1.807) is 30.3 Å². The van der Waals surface area contributed by atoms with E-state index in [2.05, 4.69) is 83.8 Å². The van der Waals surface area contributed by atoms with Crippen LogP contribution in [0.4, 0.5) is 0 Å². The molecular weight excluding hydrogens is 735 g/mol. The normalized spacial score (nSPS) is 20.1. The van der Waals surface area contributed by atoms with E-state index < -0.39 is 38.0 Å². The number of Topliss-reactive ketones (excluding diaryl/α,β-unsaturated/α-hetero) is 1. The summed E-state index contributed by atoms with van der Waals surface area (Å²) >= 11 is 0. The minimum absolute atomic E-state index is 0.00657. The second-order valence-electron chi connectivity index (χ2n) is 13.1. The molecule has 0 bridgehead atoms. The van der Waals surface area contributed by atoms with Gasteiger partial charge < -0.3 is 29.9 Å². The van der Waals surface area contributed by atoms with Crippen LogP contribution in [0.25, 0.3) is 0 Å². The number of carbonyl (C=O) groups excluding carboxylic acids is 2. The van der Waals surface area contributed by atoms with E-state index in [0.717, 1.165) is 49.5 Å². The number of rotatable bonds is 29. The summed E-state index contributed by atoms with van der Waals surface area (Å²) in [5.41, 5.74) is 5.20. The fraction of sp³-hybridized carbons (Fsp3) is 0.476. The Balaban J connectivity index is 1.26. The molecule has 1 amide bonds. The number of hydrogen-bond donors (Lipinski definition) is 3. The molecule has 13 nitrogen and oxygen atoms in total. The minimum Gasteiger partial charge on any atom is -0.424 e. The summed E-state index contributed by atoms with van der Waals surface area (Å²) in [7, 11) is -3.77. The lowest BCUT2D eigenvalue weighted by atomic mass is 10.1. The molecule has 1 aromatic carbocycles. The van der Waals surface area contributed by atoms with Crippen LogP contribution in [0.5, 0.6) is 5.75 Å². The highest BCUT2D eigenvalue weighted by Crippen LogP contribution is 2.49. The Labute approximate surface area is 331 Å². The monoisotopic (exact) mass is 794 g/mol. The van der Waals surface area contributed by atoms with Gasteiger partial charge in [-0.1, -0.05) is 98.0 Å². The molecule has 1 aliphatic rings. The predicted molar refractivity (Wildman–Crippen MR) is 217 cm³/mol. The first-order valence-electron chi connectivity index (χ1n) is 19.4. The van der Waals surface area contributed by atoms with Crippen LogP contribution in [0.3, 0.4) is 0 Å². The SMILES string of the molecule is CC/C=C\C/C=C\C/C=C\C/C=C\C/C=C\C/C=C\CCC(=O)CCCOCCCP(=O)(OCC1O[C@@H](n2cnc(C(N)=O)n2)[C@H](O)[C@@H]1O)Oc1ccccc1. The van der Waals surface area contributed by atoms with Crippen LogP contribution in [0.1, 0.15) is 94.4 Å². The number of ether oxygens (including phenoxy) is 2. The number of allylic oxidation sites excluding steroid dienone is 12. The van der Waals surface area contributed by atoms with Crippen molar-refractivity contribution in [3.8, 4) is 5.75 Å². The van der Waals surface area contributed by atoms with E-state index in [-0.39, 0.29) is 31.0 Å². The van der Waals surface area contributed by atoms with E-state index in [1.807, 2.05) is 6.08 Å². The van der Waals surface area contributed by atoms with Gasteiger partial charge in [-0.2, -0.15) is 0 Å². The smallest absolute Gasteiger partial charge is 0.379 e. The van der Waals surface area contributed by atoms with Crippen LogP contribution in [-0.2, 0) is 23.4 Å². The fourth-order valence-corrected chi connectivity index (χ4v) is 7.01. The van der Waals surface area contributed by atoms with Gasteiger partial charge in [0.2, 0.25) is 5.82 Å². The van der Waals surface area contributed by atoms with Crippen LogP contribution in [-0.4, -0.2) is 81.0 Å². The highest BCUT2D eigenvalue weighted by Gasteiger charge is 2.45. The summed E-state index contributed by atoms with van der Waals surface area (Å²) in [4.78, 5) is 27.4. The number of nitrogens with two attached hydrogens (primary N) is 1. The topological polar surface area (TPSA) is 185 Å². The Kier molecular flexibility index (Phi) is 22.6. The van der Waals surface area contributed by atoms with E-state index in [0.29, 0.717) is 44.5 Å². The molecule has 1 aliphatic heterocycles. The number of benzene rings is 1. The Morgan fingerprint density at radius 1 is 0.839 bits per heavy atom. The van der Waals surface area contributed by atoms with Gasteiger partial charge in [-0.25, -0.2) is 14.2 Å². The summed E-state index contributed by atoms with van der Waals surface area (Å²) in [6, 6.07) is 8.55. The fourth-order valence-electron chi connectivity index (χ4n) is 5.40. The van der Waals surface area contributed by atoms with Crippen molar-refractivity contribution >= 4 is 19.3 Å². The molecule has 1 fully saturated rings. The summed E-state index contributed by atoms with van der Waals surface area (Å²) in [5.74, 6) is -0.614. The van der Waals surface area contributed by atoms with Crippen molar-refractivity contribution in [3.63, 3.8) is 0 Å². The van der Waals surface area contributed by atoms with Gasteiger partial charge in [-0.05, 0) is 69.9 Å².